The lowest BCUT2D eigenvalue weighted by molar-refractivity contribution is -0.137. The number of anilines is 1. The zero-order valence-corrected chi connectivity index (χ0v) is 33.2. The maximum Gasteiger partial charge on any atom is 0.481 e. The van der Waals surface area contributed by atoms with E-state index in [1.54, 1.807) is 0 Å². The molecule has 0 spiro atoms. The Morgan fingerprint density at radius 2 is 1.59 bits per heavy atom. The number of fused-ring (bicyclic) bond motifs is 1. The molecule has 14 N–H and O–H groups in total. The Balaban J connectivity index is 0.00000122. The average Bonchev–Trinajstić information content (AvgIpc) is 3.64. The van der Waals surface area contributed by atoms with Crippen molar-refractivity contribution < 1.29 is 85.3 Å². The molecule has 0 radical (unpaired) electrons. The predicted molar refractivity (Wildman–Crippen MR) is 191 cm³/mol. The highest BCUT2D eigenvalue weighted by molar-refractivity contribution is 7.80. The molecule has 3 rings (SSSR count). The average molecular weight is 884 g/mol. The maximum atomic E-state index is 12.6. The third kappa shape index (κ3) is 16.0. The van der Waals surface area contributed by atoms with Crippen molar-refractivity contribution in [1.29, 1.82) is 0 Å². The van der Waals surface area contributed by atoms with Gasteiger partial charge in [-0.25, -0.2) is 28.6 Å². The summed E-state index contributed by atoms with van der Waals surface area (Å²) in [6.45, 7) is 0.723. The minimum absolute atomic E-state index is 0.0363. The van der Waals surface area contributed by atoms with Gasteiger partial charge in [0.1, 0.15) is 36.3 Å². The van der Waals surface area contributed by atoms with Gasteiger partial charge in [-0.1, -0.05) is 13.8 Å². The molecule has 4 amide bonds. The van der Waals surface area contributed by atoms with Crippen LogP contribution in [0.1, 0.15) is 39.3 Å². The van der Waals surface area contributed by atoms with Crippen molar-refractivity contribution in [1.82, 2.24) is 30.2 Å². The fourth-order valence-corrected chi connectivity index (χ4v) is 7.32. The van der Waals surface area contributed by atoms with Gasteiger partial charge in [0.2, 0.25) is 23.6 Å². The first-order valence-corrected chi connectivity index (χ1v) is 21.0. The molecule has 3 unspecified atom stereocenters. The van der Waals surface area contributed by atoms with Gasteiger partial charge in [-0.15, -0.1) is 0 Å². The number of hydrogen-bond acceptors (Lipinski definition) is 19. The molecule has 7 atom stereocenters. The van der Waals surface area contributed by atoms with E-state index in [1.165, 1.54) is 13.8 Å². The molecule has 1 aliphatic rings. The molecule has 1 aliphatic heterocycles. The first kappa shape index (κ1) is 49.0. The number of carbonyl (C=O) groups is 4. The van der Waals surface area contributed by atoms with E-state index in [2.05, 4.69) is 47.0 Å². The largest absolute Gasteiger partial charge is 0.481 e. The molecule has 27 nitrogen and oxygen atoms in total. The number of rotatable bonds is 21. The summed E-state index contributed by atoms with van der Waals surface area (Å²) in [6.07, 6.45) is -6.64. The molecule has 318 valence electrons. The number of ether oxygens (including phenoxy) is 1. The second kappa shape index (κ2) is 21.0. The number of hydrogen-bond donors (Lipinski definition) is 12. The van der Waals surface area contributed by atoms with Crippen LogP contribution in [-0.4, -0.2) is 129 Å². The first-order valence-electron chi connectivity index (χ1n) is 15.9. The summed E-state index contributed by atoms with van der Waals surface area (Å²) in [5, 5.41) is 26.1. The van der Waals surface area contributed by atoms with Gasteiger partial charge in [-0.2, -0.15) is 16.9 Å². The Labute approximate surface area is 322 Å². The number of primary amides is 2. The van der Waals surface area contributed by atoms with E-state index in [0.29, 0.717) is 12.3 Å². The number of aliphatic hydroxyl groups is 2. The lowest BCUT2D eigenvalue weighted by atomic mass is 9.87. The number of nitrogens with two attached hydrogens (primary N) is 3. The van der Waals surface area contributed by atoms with Gasteiger partial charge >= 0.3 is 23.5 Å². The molecule has 31 heteroatoms. The second-order valence-corrected chi connectivity index (χ2v) is 16.9. The Hall–Kier alpha value is -3.17. The van der Waals surface area contributed by atoms with Gasteiger partial charge in [0, 0.05) is 43.5 Å². The van der Waals surface area contributed by atoms with Crippen molar-refractivity contribution in [2.45, 2.75) is 63.8 Å². The van der Waals surface area contributed by atoms with Crippen LogP contribution in [0.25, 0.3) is 11.2 Å². The summed E-state index contributed by atoms with van der Waals surface area (Å²) in [5.41, 5.74) is 13.7. The van der Waals surface area contributed by atoms with Crippen LogP contribution in [0, 0.1) is 5.41 Å². The van der Waals surface area contributed by atoms with Crippen molar-refractivity contribution in [2.24, 2.45) is 16.9 Å². The summed E-state index contributed by atoms with van der Waals surface area (Å²) in [4.78, 5) is 94.4. The van der Waals surface area contributed by atoms with Crippen LogP contribution < -0.4 is 27.8 Å². The smallest absolute Gasteiger partial charge is 0.386 e. The molecule has 0 bridgehead atoms. The van der Waals surface area contributed by atoms with Crippen LogP contribution >= 0.6 is 36.1 Å². The summed E-state index contributed by atoms with van der Waals surface area (Å²) < 4.78 is 61.7. The number of aromatic nitrogens is 4. The standard InChI is InChI=1S/C21H36N7O16P3S.C4H8N2O2/c1-21(2,16(31)19(32)24-4-3-12(29)23-5-6-48)8-41-47(38,39)44-46(36,37)40-7-11-15(43-45(33,34)35)14(30)20(42-11)28-10-27-13-17(22)25-9-26-18(13)28;5-3(7)1-2-4(6)8/h9-11,14-16,20,30-31,48H,3-8H2,1-2H3,(H,23,29)(H,24,32)(H,36,37)(H,38,39)(H2,22,25,26)(H2,33,34,35);1-2H2,(H2,5,7)(H2,6,8)/t11-,14-,15-,16?,20-;/m1./s1. The number of amides is 4. The predicted octanol–water partition coefficient (Wildman–Crippen LogP) is -2.93. The number of aliphatic hydroxyl groups excluding tert-OH is 2. The number of carbonyl (C=O) groups excluding carboxylic acids is 4. The van der Waals surface area contributed by atoms with Crippen LogP contribution in [-0.2, 0) is 55.5 Å². The fraction of sp³-hybridized carbons (Fsp3) is 0.640. The zero-order valence-electron chi connectivity index (χ0n) is 29.6. The van der Waals surface area contributed by atoms with Crippen LogP contribution in [0.2, 0.25) is 0 Å². The number of phosphoric ester groups is 3. The highest BCUT2D eigenvalue weighted by atomic mass is 32.1. The van der Waals surface area contributed by atoms with Crippen LogP contribution in [0.5, 0.6) is 0 Å². The van der Waals surface area contributed by atoms with Crippen LogP contribution in [0.4, 0.5) is 5.82 Å². The number of nitrogens with zero attached hydrogens (tertiary/aromatic N) is 4. The normalized spacial score (nSPS) is 21.2. The van der Waals surface area contributed by atoms with Crippen LogP contribution in [0.15, 0.2) is 12.7 Å². The van der Waals surface area contributed by atoms with E-state index in [0.717, 1.165) is 17.2 Å². The molecule has 0 aliphatic carbocycles. The van der Waals surface area contributed by atoms with Gasteiger partial charge in [0.15, 0.2) is 17.7 Å². The molecule has 2 aromatic heterocycles. The fourth-order valence-electron chi connectivity index (χ4n) is 4.38. The van der Waals surface area contributed by atoms with Gasteiger partial charge in [-0.3, -0.25) is 37.3 Å². The Kier molecular flexibility index (Phi) is 18.4. The SMILES string of the molecule is CC(C)(COP(=O)(O)OP(=O)(O)OC[C@H]1O[C@@H](n2cnc3c(N)ncnc32)[C@H](O)[C@@H]1OP(=O)(O)O)C(O)C(=O)NCCC(=O)NCCS.NC(=O)CCC(N)=O. The second-order valence-electron chi connectivity index (χ2n) is 12.2. The molecular formula is C25H44N9O18P3S. The van der Waals surface area contributed by atoms with E-state index < -0.39 is 90.5 Å². The molecule has 2 aromatic rings. The van der Waals surface area contributed by atoms with Gasteiger partial charge in [0.05, 0.1) is 19.5 Å². The first-order chi connectivity index (χ1) is 25.8. The highest BCUT2D eigenvalue weighted by Crippen LogP contribution is 2.61. The van der Waals surface area contributed by atoms with E-state index in [-0.39, 0.29) is 48.7 Å². The summed E-state index contributed by atoms with van der Waals surface area (Å²) in [7, 11) is -16.3. The topological polar surface area (TPSA) is 433 Å². The Bertz CT molecular complexity index is 1820. The quantitative estimate of drug-likeness (QED) is 0.0441. The maximum absolute atomic E-state index is 12.6. The molecule has 0 saturated carbocycles. The van der Waals surface area contributed by atoms with Gasteiger partial charge < -0.3 is 62.4 Å². The molecule has 0 aromatic carbocycles. The number of thiol groups is 1. The van der Waals surface area contributed by atoms with Crippen molar-refractivity contribution in [3.63, 3.8) is 0 Å². The van der Waals surface area contributed by atoms with Crippen molar-refractivity contribution >= 4 is 76.7 Å². The molecule has 1 fully saturated rings. The van der Waals surface area contributed by atoms with E-state index >= 15 is 0 Å². The van der Waals surface area contributed by atoms with Gasteiger partial charge in [0.25, 0.3) is 0 Å². The summed E-state index contributed by atoms with van der Waals surface area (Å²) in [6, 6.07) is 0. The summed E-state index contributed by atoms with van der Waals surface area (Å²) >= 11 is 3.95. The third-order valence-corrected chi connectivity index (χ3v) is 10.5. The van der Waals surface area contributed by atoms with Gasteiger partial charge in [-0.05, 0) is 0 Å². The zero-order chi connectivity index (χ0) is 42.6. The van der Waals surface area contributed by atoms with Crippen molar-refractivity contribution in [2.75, 3.05) is 37.8 Å². The third-order valence-electron chi connectivity index (χ3n) is 7.13. The lowest BCUT2D eigenvalue weighted by Crippen LogP contribution is -2.46. The van der Waals surface area contributed by atoms with E-state index in [4.69, 9.17) is 31.0 Å². The Morgan fingerprint density at radius 1 is 0.982 bits per heavy atom. The number of imidazole rings is 1. The molecule has 56 heavy (non-hydrogen) atoms. The van der Waals surface area contributed by atoms with Crippen LogP contribution in [0.3, 0.4) is 0 Å². The number of nitrogen functional groups attached to an aromatic ring is 1. The monoisotopic (exact) mass is 883 g/mol. The number of phosphoric acid groups is 3. The molecule has 1 saturated heterocycles. The minimum atomic E-state index is -5.54. The van der Waals surface area contributed by atoms with Crippen molar-refractivity contribution in [3.8, 4) is 0 Å². The minimum Gasteiger partial charge on any atom is -0.386 e. The van der Waals surface area contributed by atoms with E-state index in [1.807, 2.05) is 0 Å². The molecular weight excluding hydrogens is 839 g/mol. The number of nitrogens with one attached hydrogen (secondary N) is 2. The van der Waals surface area contributed by atoms with Crippen molar-refractivity contribution in [3.05, 3.63) is 12.7 Å². The van der Waals surface area contributed by atoms with E-state index in [9.17, 15) is 62.7 Å². The Morgan fingerprint density at radius 3 is 2.16 bits per heavy atom. The summed E-state index contributed by atoms with van der Waals surface area (Å²) in [5.74, 6) is -1.94. The lowest BCUT2D eigenvalue weighted by Gasteiger charge is -2.30. The highest BCUT2D eigenvalue weighted by Gasteiger charge is 2.50. The molecule has 3 heterocycles.